The van der Waals surface area contributed by atoms with Crippen LogP contribution < -0.4 is 0 Å². The third-order valence-electron chi connectivity index (χ3n) is 2.50. The van der Waals surface area contributed by atoms with Crippen LogP contribution in [0.2, 0.25) is 0 Å². The molecule has 0 N–H and O–H groups in total. The minimum Gasteiger partial charge on any atom is -0.295 e. The van der Waals surface area contributed by atoms with E-state index in [2.05, 4.69) is 15.9 Å². The molecule has 1 aliphatic carbocycles. The molecule has 78 valence electrons. The highest BCUT2D eigenvalue weighted by Gasteiger charge is 2.15. The summed E-state index contributed by atoms with van der Waals surface area (Å²) in [7, 11) is 0. The molecule has 1 aromatic carbocycles. The van der Waals surface area contributed by atoms with Crippen LogP contribution in [0.3, 0.4) is 0 Å². The second-order valence-corrected chi connectivity index (χ2v) is 4.45. The van der Waals surface area contributed by atoms with Gasteiger partial charge in [-0.25, -0.2) is 4.39 Å². The summed E-state index contributed by atoms with van der Waals surface area (Å²) in [6.07, 6.45) is 3.74. The van der Waals surface area contributed by atoms with Crippen LogP contribution in [0.1, 0.15) is 24.8 Å². The maximum Gasteiger partial charge on any atom is 0.155 e. The minimum absolute atomic E-state index is 0.0932. The summed E-state index contributed by atoms with van der Waals surface area (Å²) in [6.45, 7) is 0. The van der Waals surface area contributed by atoms with Gasteiger partial charge in [0.2, 0.25) is 0 Å². The number of carbonyl (C=O) groups excluding carboxylic acids is 1. The lowest BCUT2D eigenvalue weighted by atomic mass is 9.93. The van der Waals surface area contributed by atoms with Gasteiger partial charge in [0, 0.05) is 12.0 Å². The van der Waals surface area contributed by atoms with E-state index in [0.717, 1.165) is 18.4 Å². The summed E-state index contributed by atoms with van der Waals surface area (Å²) in [5.74, 6) is -0.186. The van der Waals surface area contributed by atoms with Crippen LogP contribution in [-0.4, -0.2) is 5.78 Å². The molecular formula is C12H10BrFO. The van der Waals surface area contributed by atoms with Crippen LogP contribution in [0.15, 0.2) is 28.7 Å². The van der Waals surface area contributed by atoms with E-state index < -0.39 is 0 Å². The SMILES string of the molecule is O=C1C=C(c2cccc(Br)c2F)CCC1. The summed E-state index contributed by atoms with van der Waals surface area (Å²) in [6, 6.07) is 5.15. The maximum atomic E-state index is 13.7. The molecule has 0 saturated heterocycles. The van der Waals surface area contributed by atoms with Crippen LogP contribution >= 0.6 is 15.9 Å². The molecule has 1 aliphatic rings. The van der Waals surface area contributed by atoms with Gasteiger partial charge in [0.25, 0.3) is 0 Å². The van der Waals surface area contributed by atoms with Crippen molar-refractivity contribution in [3.8, 4) is 0 Å². The Morgan fingerprint density at radius 3 is 2.80 bits per heavy atom. The zero-order valence-electron chi connectivity index (χ0n) is 8.09. The second-order valence-electron chi connectivity index (χ2n) is 3.59. The molecule has 0 aliphatic heterocycles. The van der Waals surface area contributed by atoms with E-state index in [0.29, 0.717) is 16.5 Å². The van der Waals surface area contributed by atoms with Crippen LogP contribution in [0, 0.1) is 5.82 Å². The van der Waals surface area contributed by atoms with Crippen molar-refractivity contribution in [2.75, 3.05) is 0 Å². The Bertz CT molecular complexity index is 437. The summed E-state index contributed by atoms with van der Waals surface area (Å²) >= 11 is 3.14. The molecule has 0 radical (unpaired) electrons. The van der Waals surface area contributed by atoms with E-state index in [-0.39, 0.29) is 11.6 Å². The topological polar surface area (TPSA) is 17.1 Å². The monoisotopic (exact) mass is 268 g/mol. The molecule has 3 heteroatoms. The van der Waals surface area contributed by atoms with E-state index >= 15 is 0 Å². The Labute approximate surface area is 96.1 Å². The predicted molar refractivity (Wildman–Crippen MR) is 60.9 cm³/mol. The molecule has 0 heterocycles. The summed E-state index contributed by atoms with van der Waals surface area (Å²) in [4.78, 5) is 11.2. The molecule has 0 unspecified atom stereocenters. The van der Waals surface area contributed by atoms with Gasteiger partial charge in [-0.3, -0.25) is 4.79 Å². The summed E-state index contributed by atoms with van der Waals surface area (Å²) < 4.78 is 14.2. The molecule has 0 bridgehead atoms. The van der Waals surface area contributed by atoms with E-state index in [4.69, 9.17) is 0 Å². The molecule has 0 spiro atoms. The van der Waals surface area contributed by atoms with Gasteiger partial charge in [-0.2, -0.15) is 0 Å². The zero-order chi connectivity index (χ0) is 10.8. The van der Waals surface area contributed by atoms with Gasteiger partial charge in [0.05, 0.1) is 4.47 Å². The average Bonchev–Trinajstić information content (AvgIpc) is 2.22. The molecule has 1 nitrogen and oxygen atoms in total. The Balaban J connectivity index is 2.45. The van der Waals surface area contributed by atoms with Crippen molar-refractivity contribution in [3.05, 3.63) is 40.1 Å². The van der Waals surface area contributed by atoms with Gasteiger partial charge in [0.1, 0.15) is 5.82 Å². The number of benzene rings is 1. The first kappa shape index (κ1) is 10.6. The lowest BCUT2D eigenvalue weighted by molar-refractivity contribution is -0.114. The van der Waals surface area contributed by atoms with E-state index in [9.17, 15) is 9.18 Å². The van der Waals surface area contributed by atoms with Crippen LogP contribution in [0.25, 0.3) is 5.57 Å². The fraction of sp³-hybridized carbons (Fsp3) is 0.250. The van der Waals surface area contributed by atoms with Crippen molar-refractivity contribution in [2.24, 2.45) is 0 Å². The van der Waals surface area contributed by atoms with Gasteiger partial charge < -0.3 is 0 Å². The van der Waals surface area contributed by atoms with Gasteiger partial charge in [-0.1, -0.05) is 12.1 Å². The van der Waals surface area contributed by atoms with Crippen molar-refractivity contribution in [2.45, 2.75) is 19.3 Å². The normalized spacial score (nSPS) is 16.4. The Morgan fingerprint density at radius 2 is 2.07 bits per heavy atom. The number of allylic oxidation sites excluding steroid dienone is 2. The van der Waals surface area contributed by atoms with E-state index in [1.54, 1.807) is 24.3 Å². The first-order chi connectivity index (χ1) is 7.18. The number of carbonyl (C=O) groups is 1. The van der Waals surface area contributed by atoms with Crippen LogP contribution in [-0.2, 0) is 4.79 Å². The molecule has 0 saturated carbocycles. The van der Waals surface area contributed by atoms with Gasteiger partial charge in [0.15, 0.2) is 5.78 Å². The maximum absolute atomic E-state index is 13.7. The summed E-state index contributed by atoms with van der Waals surface area (Å²) in [5.41, 5.74) is 1.35. The highest BCUT2D eigenvalue weighted by molar-refractivity contribution is 9.10. The number of halogens is 2. The van der Waals surface area contributed by atoms with Gasteiger partial charge >= 0.3 is 0 Å². The lowest BCUT2D eigenvalue weighted by Crippen LogP contribution is -2.03. The average molecular weight is 269 g/mol. The van der Waals surface area contributed by atoms with Crippen molar-refractivity contribution in [1.29, 1.82) is 0 Å². The van der Waals surface area contributed by atoms with Crippen LogP contribution in [0.4, 0.5) is 4.39 Å². The number of rotatable bonds is 1. The molecule has 1 aromatic rings. The Kier molecular flexibility index (Phi) is 3.00. The second kappa shape index (κ2) is 4.27. The summed E-state index contributed by atoms with van der Waals surface area (Å²) in [5, 5.41) is 0. The minimum atomic E-state index is -0.279. The first-order valence-corrected chi connectivity index (χ1v) is 5.65. The standard InChI is InChI=1S/C12H10BrFO/c13-11-6-2-5-10(12(11)14)8-3-1-4-9(15)7-8/h2,5-7H,1,3-4H2. The smallest absolute Gasteiger partial charge is 0.155 e. The number of hydrogen-bond donors (Lipinski definition) is 0. The van der Waals surface area contributed by atoms with Crippen molar-refractivity contribution >= 4 is 27.3 Å². The fourth-order valence-corrected chi connectivity index (χ4v) is 2.12. The molecule has 0 atom stereocenters. The predicted octanol–water partition coefficient (Wildman–Crippen LogP) is 3.72. The highest BCUT2D eigenvalue weighted by atomic mass is 79.9. The van der Waals surface area contributed by atoms with Crippen molar-refractivity contribution < 1.29 is 9.18 Å². The third-order valence-corrected chi connectivity index (χ3v) is 3.11. The molecule has 15 heavy (non-hydrogen) atoms. The van der Waals surface area contributed by atoms with Gasteiger partial charge in [-0.05, 0) is 46.5 Å². The lowest BCUT2D eigenvalue weighted by Gasteiger charge is -2.13. The Hall–Kier alpha value is -0.960. The number of hydrogen-bond acceptors (Lipinski definition) is 1. The third kappa shape index (κ3) is 2.17. The molecular weight excluding hydrogens is 259 g/mol. The fourth-order valence-electron chi connectivity index (χ4n) is 1.76. The van der Waals surface area contributed by atoms with E-state index in [1.807, 2.05) is 0 Å². The van der Waals surface area contributed by atoms with Crippen LogP contribution in [0.5, 0.6) is 0 Å². The first-order valence-electron chi connectivity index (χ1n) is 4.86. The zero-order valence-corrected chi connectivity index (χ0v) is 9.68. The molecule has 0 amide bonds. The van der Waals surface area contributed by atoms with Gasteiger partial charge in [-0.15, -0.1) is 0 Å². The van der Waals surface area contributed by atoms with Crippen molar-refractivity contribution in [1.82, 2.24) is 0 Å². The largest absolute Gasteiger partial charge is 0.295 e. The van der Waals surface area contributed by atoms with E-state index in [1.165, 1.54) is 0 Å². The quantitative estimate of drug-likeness (QED) is 0.759. The molecule has 2 rings (SSSR count). The Morgan fingerprint density at radius 1 is 1.27 bits per heavy atom. The molecule has 0 aromatic heterocycles. The highest BCUT2D eigenvalue weighted by Crippen LogP contribution is 2.30. The molecule has 0 fully saturated rings. The number of ketones is 1. The van der Waals surface area contributed by atoms with Crippen molar-refractivity contribution in [3.63, 3.8) is 0 Å².